The standard InChI is InChI=1S/C14H16FNO3/c1-8-7-12(8)14(18)19-9(2)13(17)16-11-5-3-10(15)4-6-11/h3-6,8-9,12H,7H2,1-2H3,(H,16,17)/t8-,9+,12-/m1/s1. The Morgan fingerprint density at radius 2 is 1.95 bits per heavy atom. The number of amides is 1. The molecule has 0 bridgehead atoms. The summed E-state index contributed by atoms with van der Waals surface area (Å²) in [5.41, 5.74) is 0.467. The van der Waals surface area contributed by atoms with Gasteiger partial charge < -0.3 is 10.1 Å². The van der Waals surface area contributed by atoms with Gasteiger partial charge in [0.25, 0.3) is 5.91 Å². The third-order valence-corrected chi connectivity index (χ3v) is 3.19. The highest BCUT2D eigenvalue weighted by molar-refractivity contribution is 5.95. The van der Waals surface area contributed by atoms with Gasteiger partial charge in [-0.15, -0.1) is 0 Å². The molecule has 1 saturated carbocycles. The fourth-order valence-corrected chi connectivity index (χ4v) is 1.74. The Hall–Kier alpha value is -1.91. The van der Waals surface area contributed by atoms with Crippen molar-refractivity contribution in [2.24, 2.45) is 11.8 Å². The van der Waals surface area contributed by atoms with Crippen LogP contribution in [0, 0.1) is 17.7 Å². The van der Waals surface area contributed by atoms with Crippen LogP contribution in [0.25, 0.3) is 0 Å². The van der Waals surface area contributed by atoms with Crippen molar-refractivity contribution in [1.82, 2.24) is 0 Å². The maximum atomic E-state index is 12.7. The summed E-state index contributed by atoms with van der Waals surface area (Å²) in [6.07, 6.45) is -0.0316. The minimum atomic E-state index is -0.856. The molecule has 0 spiro atoms. The highest BCUT2D eigenvalue weighted by atomic mass is 19.1. The van der Waals surface area contributed by atoms with E-state index in [9.17, 15) is 14.0 Å². The van der Waals surface area contributed by atoms with Crippen molar-refractivity contribution in [2.75, 3.05) is 5.32 Å². The zero-order valence-corrected chi connectivity index (χ0v) is 10.9. The Bertz CT molecular complexity index is 486. The number of halogens is 1. The SMILES string of the molecule is C[C@H](OC(=O)[C@@H]1C[C@H]1C)C(=O)Nc1ccc(F)cc1. The van der Waals surface area contributed by atoms with E-state index in [0.717, 1.165) is 6.42 Å². The van der Waals surface area contributed by atoms with Crippen molar-refractivity contribution in [3.63, 3.8) is 0 Å². The first-order chi connectivity index (χ1) is 8.97. The van der Waals surface area contributed by atoms with Crippen LogP contribution in [0.1, 0.15) is 20.3 Å². The van der Waals surface area contributed by atoms with Crippen LogP contribution in [0.2, 0.25) is 0 Å². The number of nitrogens with one attached hydrogen (secondary N) is 1. The Morgan fingerprint density at radius 1 is 1.37 bits per heavy atom. The highest BCUT2D eigenvalue weighted by Gasteiger charge is 2.41. The number of esters is 1. The molecule has 1 aliphatic rings. The highest BCUT2D eigenvalue weighted by Crippen LogP contribution is 2.38. The van der Waals surface area contributed by atoms with Crippen LogP contribution in [0.5, 0.6) is 0 Å². The first-order valence-corrected chi connectivity index (χ1v) is 6.24. The van der Waals surface area contributed by atoms with Crippen molar-refractivity contribution in [2.45, 2.75) is 26.4 Å². The van der Waals surface area contributed by atoms with E-state index in [1.807, 2.05) is 6.92 Å². The Kier molecular flexibility index (Phi) is 3.83. The number of hydrogen-bond acceptors (Lipinski definition) is 3. The summed E-state index contributed by atoms with van der Waals surface area (Å²) in [6.45, 7) is 3.49. The molecular formula is C14H16FNO3. The van der Waals surface area contributed by atoms with Gasteiger partial charge in [0.2, 0.25) is 0 Å². The van der Waals surface area contributed by atoms with Gasteiger partial charge in [0, 0.05) is 5.69 Å². The van der Waals surface area contributed by atoms with Crippen LogP contribution in [0.15, 0.2) is 24.3 Å². The molecule has 0 aliphatic heterocycles. The lowest BCUT2D eigenvalue weighted by atomic mass is 10.3. The van der Waals surface area contributed by atoms with Crippen LogP contribution in [0.4, 0.5) is 10.1 Å². The largest absolute Gasteiger partial charge is 0.452 e. The minimum Gasteiger partial charge on any atom is -0.452 e. The molecule has 1 fully saturated rings. The van der Waals surface area contributed by atoms with Crippen LogP contribution < -0.4 is 5.32 Å². The Morgan fingerprint density at radius 3 is 2.47 bits per heavy atom. The summed E-state index contributed by atoms with van der Waals surface area (Å²) < 4.78 is 17.8. The third kappa shape index (κ3) is 3.53. The van der Waals surface area contributed by atoms with Gasteiger partial charge in [-0.3, -0.25) is 9.59 Å². The lowest BCUT2D eigenvalue weighted by Crippen LogP contribution is -2.30. The van der Waals surface area contributed by atoms with E-state index in [2.05, 4.69) is 5.32 Å². The molecular weight excluding hydrogens is 249 g/mol. The molecule has 0 radical (unpaired) electrons. The molecule has 5 heteroatoms. The molecule has 1 N–H and O–H groups in total. The average molecular weight is 265 g/mol. The Balaban J connectivity index is 1.85. The number of hydrogen-bond donors (Lipinski definition) is 1. The Labute approximate surface area is 110 Å². The van der Waals surface area contributed by atoms with Gasteiger partial charge in [-0.05, 0) is 43.5 Å². The summed E-state index contributed by atoms with van der Waals surface area (Å²) in [7, 11) is 0. The van der Waals surface area contributed by atoms with Crippen molar-refractivity contribution >= 4 is 17.6 Å². The van der Waals surface area contributed by atoms with Gasteiger partial charge in [-0.2, -0.15) is 0 Å². The minimum absolute atomic E-state index is 0.0685. The zero-order valence-electron chi connectivity index (χ0n) is 10.9. The number of carbonyl (C=O) groups excluding carboxylic acids is 2. The van der Waals surface area contributed by atoms with Crippen molar-refractivity contribution < 1.29 is 18.7 Å². The average Bonchev–Trinajstić information content (AvgIpc) is 3.09. The van der Waals surface area contributed by atoms with Gasteiger partial charge in [-0.1, -0.05) is 6.92 Å². The van der Waals surface area contributed by atoms with Crippen LogP contribution in [-0.4, -0.2) is 18.0 Å². The predicted molar refractivity (Wildman–Crippen MR) is 67.9 cm³/mol. The molecule has 1 aliphatic carbocycles. The van der Waals surface area contributed by atoms with E-state index in [1.54, 1.807) is 0 Å². The van der Waals surface area contributed by atoms with Crippen LogP contribution in [-0.2, 0) is 14.3 Å². The van der Waals surface area contributed by atoms with E-state index >= 15 is 0 Å². The molecule has 1 aromatic carbocycles. The van der Waals surface area contributed by atoms with Gasteiger partial charge in [0.05, 0.1) is 5.92 Å². The number of benzene rings is 1. The van der Waals surface area contributed by atoms with Gasteiger partial charge in [0.1, 0.15) is 5.82 Å². The number of ether oxygens (including phenoxy) is 1. The fraction of sp³-hybridized carbons (Fsp3) is 0.429. The van der Waals surface area contributed by atoms with Crippen molar-refractivity contribution in [3.8, 4) is 0 Å². The molecule has 19 heavy (non-hydrogen) atoms. The summed E-state index contributed by atoms with van der Waals surface area (Å²) in [5.74, 6) is -0.844. The first-order valence-electron chi connectivity index (χ1n) is 6.24. The van der Waals surface area contributed by atoms with Crippen molar-refractivity contribution in [3.05, 3.63) is 30.1 Å². The van der Waals surface area contributed by atoms with Gasteiger partial charge in [0.15, 0.2) is 6.10 Å². The summed E-state index contributed by atoms with van der Waals surface area (Å²) in [4.78, 5) is 23.4. The molecule has 2 rings (SSSR count). The van der Waals surface area contributed by atoms with E-state index in [0.29, 0.717) is 11.6 Å². The fourth-order valence-electron chi connectivity index (χ4n) is 1.74. The molecule has 4 nitrogen and oxygen atoms in total. The smallest absolute Gasteiger partial charge is 0.309 e. The molecule has 0 saturated heterocycles. The monoisotopic (exact) mass is 265 g/mol. The molecule has 3 atom stereocenters. The normalized spacial score (nSPS) is 22.5. The van der Waals surface area contributed by atoms with Crippen molar-refractivity contribution in [1.29, 1.82) is 0 Å². The quantitative estimate of drug-likeness (QED) is 0.850. The topological polar surface area (TPSA) is 55.4 Å². The second kappa shape index (κ2) is 5.38. The lowest BCUT2D eigenvalue weighted by molar-refractivity contribution is -0.154. The molecule has 1 amide bonds. The molecule has 0 aromatic heterocycles. The van der Waals surface area contributed by atoms with Gasteiger partial charge in [-0.25, -0.2) is 4.39 Å². The zero-order chi connectivity index (χ0) is 14.0. The summed E-state index contributed by atoms with van der Waals surface area (Å²) in [6, 6.07) is 5.39. The molecule has 0 unspecified atom stereocenters. The molecule has 102 valence electrons. The second-order valence-electron chi connectivity index (χ2n) is 4.89. The summed E-state index contributed by atoms with van der Waals surface area (Å²) in [5, 5.41) is 2.56. The molecule has 0 heterocycles. The predicted octanol–water partition coefficient (Wildman–Crippen LogP) is 2.35. The van der Waals surface area contributed by atoms with E-state index in [4.69, 9.17) is 4.74 Å². The number of anilines is 1. The van der Waals surface area contributed by atoms with Crippen LogP contribution >= 0.6 is 0 Å². The third-order valence-electron chi connectivity index (χ3n) is 3.19. The van der Waals surface area contributed by atoms with E-state index in [1.165, 1.54) is 31.2 Å². The van der Waals surface area contributed by atoms with Gasteiger partial charge >= 0.3 is 5.97 Å². The molecule has 1 aromatic rings. The maximum absolute atomic E-state index is 12.7. The summed E-state index contributed by atoms with van der Waals surface area (Å²) >= 11 is 0. The van der Waals surface area contributed by atoms with E-state index in [-0.39, 0.29) is 17.7 Å². The number of carbonyl (C=O) groups is 2. The first kappa shape index (κ1) is 13.5. The van der Waals surface area contributed by atoms with Crippen LogP contribution in [0.3, 0.4) is 0 Å². The lowest BCUT2D eigenvalue weighted by Gasteiger charge is -2.13. The maximum Gasteiger partial charge on any atom is 0.309 e. The van der Waals surface area contributed by atoms with E-state index < -0.39 is 12.0 Å². The number of rotatable bonds is 4. The second-order valence-corrected chi connectivity index (χ2v) is 4.89.